The first-order valence-corrected chi connectivity index (χ1v) is 2.98. The third kappa shape index (κ3) is 74.5. The summed E-state index contributed by atoms with van der Waals surface area (Å²) in [6, 6.07) is 0. The molecule has 0 aromatic rings. The van der Waals surface area contributed by atoms with Crippen molar-refractivity contribution >= 4 is 0 Å². The summed E-state index contributed by atoms with van der Waals surface area (Å²) in [5, 5.41) is 0. The summed E-state index contributed by atoms with van der Waals surface area (Å²) in [6.07, 6.45) is 2.28. The molecule has 0 aromatic carbocycles. The molecule has 0 bridgehead atoms. The standard InChI is InChI=1S/C4H9.Li.Mn.2O/c1-3-4-2;;;;/h1,3-4H2,2H3;;;;/q-1;+1;;;. The molecular formula is C4H9LiMnO2. The fourth-order valence-electron chi connectivity index (χ4n) is 0. The molecule has 0 heterocycles. The summed E-state index contributed by atoms with van der Waals surface area (Å²) in [6.45, 7) is 5.72. The van der Waals surface area contributed by atoms with Crippen LogP contribution < -0.4 is 18.9 Å². The summed E-state index contributed by atoms with van der Waals surface area (Å²) in [5.74, 6) is 0. The van der Waals surface area contributed by atoms with E-state index in [0.717, 1.165) is 6.42 Å². The predicted molar refractivity (Wildman–Crippen MR) is 21.6 cm³/mol. The third-order valence-electron chi connectivity index (χ3n) is 0.354. The van der Waals surface area contributed by atoms with E-state index in [4.69, 9.17) is 7.67 Å². The first-order chi connectivity index (χ1) is 3.33. The monoisotopic (exact) mass is 151 g/mol. The van der Waals surface area contributed by atoms with Gasteiger partial charge in [-0.25, -0.2) is 0 Å². The molecule has 0 aliphatic rings. The first-order valence-electron chi connectivity index (χ1n) is 2.02. The van der Waals surface area contributed by atoms with Gasteiger partial charge < -0.3 is 6.92 Å². The van der Waals surface area contributed by atoms with Crippen LogP contribution in [0, 0.1) is 6.92 Å². The molecule has 2 nitrogen and oxygen atoms in total. The average Bonchev–Trinajstić information content (AvgIpc) is 1.69. The molecule has 0 aromatic heterocycles. The molecule has 0 aliphatic heterocycles. The van der Waals surface area contributed by atoms with Crippen LogP contribution in [0.25, 0.3) is 0 Å². The van der Waals surface area contributed by atoms with Crippen molar-refractivity contribution in [2.45, 2.75) is 19.8 Å². The van der Waals surface area contributed by atoms with Crippen LogP contribution in [0.2, 0.25) is 0 Å². The summed E-state index contributed by atoms with van der Waals surface area (Å²) in [7, 11) is 0. The van der Waals surface area contributed by atoms with Crippen molar-refractivity contribution in [2.75, 3.05) is 0 Å². The van der Waals surface area contributed by atoms with Crippen LogP contribution in [0.4, 0.5) is 0 Å². The molecule has 0 saturated carbocycles. The van der Waals surface area contributed by atoms with E-state index in [1.807, 2.05) is 0 Å². The molecule has 8 heavy (non-hydrogen) atoms. The normalized spacial score (nSPS) is 5.25. The Labute approximate surface area is 68.2 Å². The molecule has 0 atom stereocenters. The molecule has 0 spiro atoms. The van der Waals surface area contributed by atoms with Gasteiger partial charge in [0.1, 0.15) is 0 Å². The van der Waals surface area contributed by atoms with Crippen molar-refractivity contribution in [1.82, 2.24) is 0 Å². The Hall–Kier alpha value is 0.717. The fourth-order valence-corrected chi connectivity index (χ4v) is 0. The zero-order chi connectivity index (χ0) is 6.12. The van der Waals surface area contributed by atoms with Crippen LogP contribution >= 0.6 is 0 Å². The Morgan fingerprint density at radius 1 is 1.50 bits per heavy atom. The van der Waals surface area contributed by atoms with E-state index in [1.165, 1.54) is 6.42 Å². The molecule has 45 valence electrons. The summed E-state index contributed by atoms with van der Waals surface area (Å²) in [4.78, 5) is 0. The van der Waals surface area contributed by atoms with Gasteiger partial charge in [0, 0.05) is 0 Å². The topological polar surface area (TPSA) is 34.1 Å². The van der Waals surface area contributed by atoms with Crippen LogP contribution in [0.5, 0.6) is 0 Å². The number of hydrogen-bond donors (Lipinski definition) is 0. The Morgan fingerprint density at radius 3 is 1.62 bits per heavy atom. The van der Waals surface area contributed by atoms with Crippen molar-refractivity contribution in [3.8, 4) is 0 Å². The van der Waals surface area contributed by atoms with E-state index in [2.05, 4.69) is 13.8 Å². The Kier molecular flexibility index (Phi) is 50.0. The van der Waals surface area contributed by atoms with Crippen LogP contribution in [0.1, 0.15) is 19.8 Å². The Morgan fingerprint density at radius 2 is 1.62 bits per heavy atom. The van der Waals surface area contributed by atoms with Crippen molar-refractivity contribution in [3.05, 3.63) is 6.92 Å². The zero-order valence-corrected chi connectivity index (χ0v) is 6.50. The third-order valence-corrected chi connectivity index (χ3v) is 0.354. The molecular weight excluding hydrogens is 142 g/mol. The van der Waals surface area contributed by atoms with E-state index < -0.39 is 14.8 Å². The van der Waals surface area contributed by atoms with E-state index >= 15 is 0 Å². The Bertz CT molecular complexity index is 50.0. The van der Waals surface area contributed by atoms with Crippen molar-refractivity contribution in [1.29, 1.82) is 0 Å². The zero-order valence-electron chi connectivity index (χ0n) is 5.32. The van der Waals surface area contributed by atoms with Gasteiger partial charge in [0.05, 0.1) is 0 Å². The number of rotatable bonds is 1. The molecule has 0 saturated heterocycles. The quantitative estimate of drug-likeness (QED) is 0.333. The van der Waals surface area contributed by atoms with E-state index in [-0.39, 0.29) is 18.9 Å². The molecule has 0 aliphatic carbocycles. The predicted octanol–water partition coefficient (Wildman–Crippen LogP) is -1.62. The van der Waals surface area contributed by atoms with Gasteiger partial charge in [-0.2, -0.15) is 6.42 Å². The maximum atomic E-state index is 8.41. The molecule has 0 radical (unpaired) electrons. The molecule has 4 heteroatoms. The summed E-state index contributed by atoms with van der Waals surface area (Å²) in [5.41, 5.74) is 0. The van der Waals surface area contributed by atoms with Crippen LogP contribution in [-0.2, 0) is 22.5 Å². The molecule has 0 amide bonds. The number of hydrogen-bond acceptors (Lipinski definition) is 2. The van der Waals surface area contributed by atoms with Crippen LogP contribution in [-0.4, -0.2) is 0 Å². The van der Waals surface area contributed by atoms with E-state index in [0.29, 0.717) is 0 Å². The van der Waals surface area contributed by atoms with Gasteiger partial charge in [0.15, 0.2) is 0 Å². The van der Waals surface area contributed by atoms with E-state index in [9.17, 15) is 0 Å². The van der Waals surface area contributed by atoms with Gasteiger partial charge in [0.2, 0.25) is 0 Å². The van der Waals surface area contributed by atoms with Gasteiger partial charge in [-0.3, -0.25) is 0 Å². The SMILES string of the molecule is [CH2-]CCC.[Li+].[O]=[Mn]=[O]. The fraction of sp³-hybridized carbons (Fsp3) is 0.750. The molecule has 0 rings (SSSR count). The molecule has 0 N–H and O–H groups in total. The van der Waals surface area contributed by atoms with E-state index in [1.54, 1.807) is 0 Å². The second kappa shape index (κ2) is 25.2. The molecule has 0 unspecified atom stereocenters. The second-order valence-electron chi connectivity index (χ2n) is 0.917. The minimum absolute atomic E-state index is 0. The van der Waals surface area contributed by atoms with Gasteiger partial charge in [0.25, 0.3) is 0 Å². The summed E-state index contributed by atoms with van der Waals surface area (Å²) < 4.78 is 16.8. The van der Waals surface area contributed by atoms with Crippen LogP contribution in [0.3, 0.4) is 0 Å². The number of unbranched alkanes of at least 4 members (excludes halogenated alkanes) is 1. The van der Waals surface area contributed by atoms with Gasteiger partial charge >= 0.3 is 41.4 Å². The van der Waals surface area contributed by atoms with Gasteiger partial charge in [-0.05, 0) is 0 Å². The van der Waals surface area contributed by atoms with Gasteiger partial charge in [-0.1, -0.05) is 13.3 Å². The summed E-state index contributed by atoms with van der Waals surface area (Å²) >= 11 is -1.44. The maximum absolute atomic E-state index is 8.41. The molecule has 0 fully saturated rings. The van der Waals surface area contributed by atoms with Gasteiger partial charge in [-0.15, -0.1) is 0 Å². The minimum atomic E-state index is -1.44. The average molecular weight is 151 g/mol. The first kappa shape index (κ1) is 15.9. The second-order valence-corrected chi connectivity index (χ2v) is 1.11. The van der Waals surface area contributed by atoms with Crippen LogP contribution in [0.15, 0.2) is 0 Å². The Balaban J connectivity index is -0.0000000575. The van der Waals surface area contributed by atoms with Crippen molar-refractivity contribution in [2.24, 2.45) is 0 Å². The van der Waals surface area contributed by atoms with Crippen molar-refractivity contribution in [3.63, 3.8) is 0 Å². The van der Waals surface area contributed by atoms with Crippen molar-refractivity contribution < 1.29 is 41.4 Å².